The van der Waals surface area contributed by atoms with Crippen molar-refractivity contribution in [2.75, 3.05) is 13.6 Å². The van der Waals surface area contributed by atoms with E-state index in [0.717, 1.165) is 0 Å². The molecule has 0 saturated carbocycles. The molecule has 0 aliphatic rings. The molecule has 16 heavy (non-hydrogen) atoms. The number of hydrogen-bond acceptors (Lipinski definition) is 1. The van der Waals surface area contributed by atoms with Gasteiger partial charge in [0.25, 0.3) is 5.91 Å². The Morgan fingerprint density at radius 2 is 2.19 bits per heavy atom. The maximum atomic E-state index is 13.0. The third kappa shape index (κ3) is 3.30. The summed E-state index contributed by atoms with van der Waals surface area (Å²) in [5, 5.41) is 0. The molecule has 0 aliphatic heterocycles. The molecule has 0 radical (unpaired) electrons. The van der Waals surface area contributed by atoms with Crippen LogP contribution in [-0.4, -0.2) is 29.2 Å². The van der Waals surface area contributed by atoms with Crippen LogP contribution in [0, 0.1) is 12.7 Å². The zero-order valence-corrected chi connectivity index (χ0v) is 11.2. The Hall–Kier alpha value is -0.900. The molecule has 0 N–H and O–H groups in total. The highest BCUT2D eigenvalue weighted by Gasteiger charge is 2.14. The van der Waals surface area contributed by atoms with E-state index >= 15 is 0 Å². The van der Waals surface area contributed by atoms with E-state index in [9.17, 15) is 9.18 Å². The van der Waals surface area contributed by atoms with Gasteiger partial charge in [-0.15, -0.1) is 0 Å². The van der Waals surface area contributed by atoms with Crippen molar-refractivity contribution in [2.24, 2.45) is 0 Å². The largest absolute Gasteiger partial charge is 0.341 e. The average Bonchev–Trinajstić information content (AvgIpc) is 2.20. The summed E-state index contributed by atoms with van der Waals surface area (Å²) in [5.41, 5.74) is 1.01. The number of amides is 1. The lowest BCUT2D eigenvalue weighted by Crippen LogP contribution is -2.31. The van der Waals surface area contributed by atoms with Gasteiger partial charge in [0.2, 0.25) is 0 Å². The minimum atomic E-state index is -0.284. The predicted octanol–water partition coefficient (Wildman–Crippen LogP) is 2.99. The summed E-state index contributed by atoms with van der Waals surface area (Å²) >= 11 is 3.39. The molecule has 88 valence electrons. The third-order valence-corrected chi connectivity index (χ3v) is 2.57. The first-order chi connectivity index (χ1) is 7.41. The van der Waals surface area contributed by atoms with Gasteiger partial charge in [-0.25, -0.2) is 4.39 Å². The van der Waals surface area contributed by atoms with Crippen LogP contribution < -0.4 is 0 Å². The third-order valence-electron chi connectivity index (χ3n) is 2.28. The highest BCUT2D eigenvalue weighted by atomic mass is 79.9. The predicted molar refractivity (Wildman–Crippen MR) is 66.5 cm³/mol. The van der Waals surface area contributed by atoms with Crippen LogP contribution in [-0.2, 0) is 0 Å². The summed E-state index contributed by atoms with van der Waals surface area (Å²) in [7, 11) is 1.73. The Bertz CT molecular complexity index is 393. The molecule has 0 aromatic heterocycles. The lowest BCUT2D eigenvalue weighted by molar-refractivity contribution is 0.0797. The zero-order chi connectivity index (χ0) is 12.3. The molecule has 1 aromatic rings. The van der Waals surface area contributed by atoms with E-state index in [1.54, 1.807) is 24.9 Å². The number of rotatable bonds is 3. The molecular formula is C12H15BrFNO. The summed E-state index contributed by atoms with van der Waals surface area (Å²) in [5.74, 6) is -0.373. The smallest absolute Gasteiger partial charge is 0.253 e. The molecule has 0 heterocycles. The van der Waals surface area contributed by atoms with Gasteiger partial charge in [0.05, 0.1) is 0 Å². The van der Waals surface area contributed by atoms with Crippen LogP contribution in [0.3, 0.4) is 0 Å². The van der Waals surface area contributed by atoms with Crippen molar-refractivity contribution in [3.8, 4) is 0 Å². The number of benzene rings is 1. The first-order valence-electron chi connectivity index (χ1n) is 5.07. The van der Waals surface area contributed by atoms with Crippen molar-refractivity contribution in [1.29, 1.82) is 0 Å². The van der Waals surface area contributed by atoms with Crippen LogP contribution in [0.5, 0.6) is 0 Å². The number of alkyl halides is 1. The fourth-order valence-electron chi connectivity index (χ4n) is 1.46. The molecule has 4 heteroatoms. The number of carbonyl (C=O) groups is 1. The van der Waals surface area contributed by atoms with Gasteiger partial charge in [0.1, 0.15) is 5.82 Å². The van der Waals surface area contributed by atoms with E-state index in [1.165, 1.54) is 12.1 Å². The second kappa shape index (κ2) is 5.43. The van der Waals surface area contributed by atoms with Crippen LogP contribution in [0.15, 0.2) is 18.2 Å². The van der Waals surface area contributed by atoms with Gasteiger partial charge in [-0.3, -0.25) is 4.79 Å². The topological polar surface area (TPSA) is 20.3 Å². The van der Waals surface area contributed by atoms with E-state index in [-0.39, 0.29) is 16.6 Å². The van der Waals surface area contributed by atoms with Crippen molar-refractivity contribution in [1.82, 2.24) is 4.90 Å². The van der Waals surface area contributed by atoms with Crippen molar-refractivity contribution in [3.63, 3.8) is 0 Å². The van der Waals surface area contributed by atoms with Crippen molar-refractivity contribution in [3.05, 3.63) is 35.1 Å². The summed E-state index contributed by atoms with van der Waals surface area (Å²) in [4.78, 5) is 13.8. The molecule has 0 spiro atoms. The summed E-state index contributed by atoms with van der Waals surface area (Å²) in [6, 6.07) is 4.42. The number of halogens is 2. The molecule has 0 saturated heterocycles. The average molecular weight is 288 g/mol. The monoisotopic (exact) mass is 287 g/mol. The minimum absolute atomic E-state index is 0.0885. The first kappa shape index (κ1) is 13.2. The molecule has 0 fully saturated rings. The Morgan fingerprint density at radius 3 is 2.69 bits per heavy atom. The van der Waals surface area contributed by atoms with E-state index in [2.05, 4.69) is 15.9 Å². The van der Waals surface area contributed by atoms with Crippen LogP contribution in [0.2, 0.25) is 0 Å². The standard InChI is InChI=1S/C12H15BrFNO/c1-8-6-10(4-5-11(8)14)12(16)15(3)7-9(2)13/h4-6,9H,7H2,1-3H3. The molecule has 1 amide bonds. The Balaban J connectivity index is 2.84. The maximum Gasteiger partial charge on any atom is 0.253 e. The van der Waals surface area contributed by atoms with Crippen molar-refractivity contribution < 1.29 is 9.18 Å². The SMILES string of the molecule is Cc1cc(C(=O)N(C)CC(C)Br)ccc1F. The summed E-state index contributed by atoms with van der Waals surface area (Å²) in [6.45, 7) is 4.24. The Kier molecular flexibility index (Phi) is 4.47. The fourth-order valence-corrected chi connectivity index (χ4v) is 1.89. The Morgan fingerprint density at radius 1 is 1.56 bits per heavy atom. The van der Waals surface area contributed by atoms with Crippen molar-refractivity contribution >= 4 is 21.8 Å². The van der Waals surface area contributed by atoms with Gasteiger partial charge in [-0.2, -0.15) is 0 Å². The van der Waals surface area contributed by atoms with Crippen LogP contribution in [0.4, 0.5) is 4.39 Å². The van der Waals surface area contributed by atoms with E-state index in [0.29, 0.717) is 17.7 Å². The second-order valence-corrected chi connectivity index (χ2v) is 5.49. The van der Waals surface area contributed by atoms with Gasteiger partial charge in [-0.1, -0.05) is 22.9 Å². The summed E-state index contributed by atoms with van der Waals surface area (Å²) < 4.78 is 13.0. The normalized spacial score (nSPS) is 12.3. The molecular weight excluding hydrogens is 273 g/mol. The van der Waals surface area contributed by atoms with Gasteiger partial charge in [-0.05, 0) is 30.7 Å². The number of carbonyl (C=O) groups excluding carboxylic acids is 1. The lowest BCUT2D eigenvalue weighted by atomic mass is 10.1. The number of aryl methyl sites for hydroxylation is 1. The fraction of sp³-hybridized carbons (Fsp3) is 0.417. The molecule has 2 nitrogen and oxygen atoms in total. The lowest BCUT2D eigenvalue weighted by Gasteiger charge is -2.18. The highest BCUT2D eigenvalue weighted by Crippen LogP contribution is 2.12. The van der Waals surface area contributed by atoms with Crippen LogP contribution >= 0.6 is 15.9 Å². The molecule has 0 bridgehead atoms. The Labute approximate surface area is 104 Å². The number of hydrogen-bond donors (Lipinski definition) is 0. The quantitative estimate of drug-likeness (QED) is 0.783. The highest BCUT2D eigenvalue weighted by molar-refractivity contribution is 9.09. The molecule has 1 atom stereocenters. The van der Waals surface area contributed by atoms with Crippen molar-refractivity contribution in [2.45, 2.75) is 18.7 Å². The van der Waals surface area contributed by atoms with Gasteiger partial charge in [0, 0.05) is 24.0 Å². The molecule has 1 rings (SSSR count). The van der Waals surface area contributed by atoms with Gasteiger partial charge < -0.3 is 4.90 Å². The van der Waals surface area contributed by atoms with Crippen LogP contribution in [0.1, 0.15) is 22.8 Å². The zero-order valence-electron chi connectivity index (χ0n) is 9.63. The van der Waals surface area contributed by atoms with Crippen LogP contribution in [0.25, 0.3) is 0 Å². The van der Waals surface area contributed by atoms with E-state index < -0.39 is 0 Å². The first-order valence-corrected chi connectivity index (χ1v) is 5.99. The molecule has 1 unspecified atom stereocenters. The molecule has 1 aromatic carbocycles. The van der Waals surface area contributed by atoms with Gasteiger partial charge in [0.15, 0.2) is 0 Å². The van der Waals surface area contributed by atoms with E-state index in [1.807, 2.05) is 6.92 Å². The minimum Gasteiger partial charge on any atom is -0.341 e. The molecule has 0 aliphatic carbocycles. The second-order valence-electron chi connectivity index (χ2n) is 3.93. The van der Waals surface area contributed by atoms with E-state index in [4.69, 9.17) is 0 Å². The van der Waals surface area contributed by atoms with Gasteiger partial charge >= 0.3 is 0 Å². The maximum absolute atomic E-state index is 13.0. The number of nitrogens with zero attached hydrogens (tertiary/aromatic N) is 1. The summed E-state index contributed by atoms with van der Waals surface area (Å²) in [6.07, 6.45) is 0.